The number of hydrogen-bond acceptors (Lipinski definition) is 8. The number of aryl methyl sites for hydroxylation is 1. The average Bonchev–Trinajstić information content (AvgIpc) is 2.91. The third kappa shape index (κ3) is 5.02. The van der Waals surface area contributed by atoms with Crippen molar-refractivity contribution in [1.82, 2.24) is 9.29 Å². The highest BCUT2D eigenvalue weighted by Crippen LogP contribution is 2.37. The number of hydrogen-bond donors (Lipinski definition) is 1. The van der Waals surface area contributed by atoms with E-state index in [-0.39, 0.29) is 32.0 Å². The van der Waals surface area contributed by atoms with E-state index >= 15 is 0 Å². The molecule has 1 unspecified atom stereocenters. The number of aromatic nitrogens is 1. The van der Waals surface area contributed by atoms with Gasteiger partial charge in [0.25, 0.3) is 0 Å². The zero-order chi connectivity index (χ0) is 25.8. The van der Waals surface area contributed by atoms with Crippen LogP contribution in [0.3, 0.4) is 0 Å². The number of ether oxygens (including phenoxy) is 2. The summed E-state index contributed by atoms with van der Waals surface area (Å²) in [7, 11) is -2.66. The van der Waals surface area contributed by atoms with E-state index in [2.05, 4.69) is 22.1 Å². The summed E-state index contributed by atoms with van der Waals surface area (Å²) >= 11 is 0. The van der Waals surface area contributed by atoms with Gasteiger partial charge in [0.05, 0.1) is 19.4 Å². The molecule has 1 fully saturated rings. The summed E-state index contributed by atoms with van der Waals surface area (Å²) in [5, 5.41) is 8.97. The van der Waals surface area contributed by atoms with Gasteiger partial charge in [0.15, 0.2) is 4.75 Å². The second-order valence-corrected chi connectivity index (χ2v) is 11.5. The molecule has 1 aromatic heterocycles. The molecule has 1 atom stereocenters. The van der Waals surface area contributed by atoms with Gasteiger partial charge in [0, 0.05) is 43.9 Å². The third-order valence-corrected chi connectivity index (χ3v) is 9.67. The summed E-state index contributed by atoms with van der Waals surface area (Å²) in [6.45, 7) is 3.16. The van der Waals surface area contributed by atoms with Crippen molar-refractivity contribution < 1.29 is 27.8 Å². The lowest BCUT2D eigenvalue weighted by atomic mass is 9.88. The number of benzene rings is 1. The summed E-state index contributed by atoms with van der Waals surface area (Å²) in [5.74, 6) is -0.0209. The first-order valence-corrected chi connectivity index (χ1v) is 13.6. The van der Waals surface area contributed by atoms with Gasteiger partial charge in [-0.3, -0.25) is 9.79 Å². The predicted octanol–water partition coefficient (Wildman–Crippen LogP) is 2.71. The molecule has 4 rings (SSSR count). The number of carbonyl (C=O) groups excluding carboxylic acids is 1. The van der Waals surface area contributed by atoms with Gasteiger partial charge in [-0.05, 0) is 49.3 Å². The summed E-state index contributed by atoms with van der Waals surface area (Å²) < 4.78 is 37.4. The molecular weight excluding hydrogens is 482 g/mol. The molecule has 0 saturated carbocycles. The molecule has 0 spiro atoms. The van der Waals surface area contributed by atoms with Crippen LogP contribution in [0.1, 0.15) is 42.7 Å². The van der Waals surface area contributed by atoms with Gasteiger partial charge in [0.2, 0.25) is 15.9 Å². The monoisotopic (exact) mass is 515 g/mol. The predicted molar refractivity (Wildman–Crippen MR) is 137 cm³/mol. The first-order valence-electron chi connectivity index (χ1n) is 12.2. The number of carbonyl (C=O) groups is 1. The Hall–Kier alpha value is -2.82. The molecule has 10 heteroatoms. The number of piperidine rings is 1. The van der Waals surface area contributed by atoms with Gasteiger partial charge in [0.1, 0.15) is 6.61 Å². The Kier molecular flexibility index (Phi) is 8.07. The Bertz CT molecular complexity index is 1220. The van der Waals surface area contributed by atoms with Crippen LogP contribution in [-0.4, -0.2) is 79.7 Å². The largest absolute Gasteiger partial charge is 0.475 e. The van der Waals surface area contributed by atoms with Crippen molar-refractivity contribution in [2.75, 3.05) is 40.0 Å². The molecule has 36 heavy (non-hydrogen) atoms. The van der Waals surface area contributed by atoms with Crippen molar-refractivity contribution in [1.29, 1.82) is 0 Å². The Morgan fingerprint density at radius 2 is 2.00 bits per heavy atom. The highest BCUT2D eigenvalue weighted by molar-refractivity contribution is 7.91. The van der Waals surface area contributed by atoms with Gasteiger partial charge < -0.3 is 14.6 Å². The van der Waals surface area contributed by atoms with Gasteiger partial charge in [-0.25, -0.2) is 17.7 Å². The van der Waals surface area contributed by atoms with Crippen molar-refractivity contribution in [2.45, 2.75) is 43.3 Å². The van der Waals surface area contributed by atoms with Crippen LogP contribution in [0, 0.1) is 6.92 Å². The van der Waals surface area contributed by atoms with Crippen LogP contribution in [-0.2, 0) is 19.6 Å². The van der Waals surface area contributed by atoms with Crippen molar-refractivity contribution in [3.8, 4) is 17.1 Å². The van der Waals surface area contributed by atoms with E-state index < -0.39 is 20.7 Å². The molecule has 1 aromatic carbocycles. The topological polar surface area (TPSA) is 118 Å². The molecule has 2 aliphatic rings. The molecule has 0 aliphatic carbocycles. The molecule has 194 valence electrons. The van der Waals surface area contributed by atoms with Crippen molar-refractivity contribution in [3.63, 3.8) is 0 Å². The molecule has 9 nitrogen and oxygen atoms in total. The van der Waals surface area contributed by atoms with Crippen LogP contribution < -0.4 is 4.74 Å². The van der Waals surface area contributed by atoms with E-state index in [1.165, 1.54) is 17.6 Å². The first-order chi connectivity index (χ1) is 17.3. The fourth-order valence-electron chi connectivity index (χ4n) is 5.06. The number of esters is 1. The third-order valence-electron chi connectivity index (χ3n) is 7.10. The maximum atomic E-state index is 13.6. The van der Waals surface area contributed by atoms with Crippen molar-refractivity contribution >= 4 is 22.2 Å². The SMILES string of the molecule is COC(=O)C1(S(=O)(=O)N2CCC(c3ccc(-c4cccc(OCCO)n4)c(C)c3)CC2)CC=NCC1. The maximum absolute atomic E-state index is 13.6. The van der Waals surface area contributed by atoms with E-state index in [4.69, 9.17) is 14.6 Å². The Labute approximate surface area is 212 Å². The van der Waals surface area contributed by atoms with E-state index in [0.29, 0.717) is 38.4 Å². The lowest BCUT2D eigenvalue weighted by molar-refractivity contribution is -0.144. The van der Waals surface area contributed by atoms with E-state index in [0.717, 1.165) is 22.4 Å². The minimum atomic E-state index is -3.89. The van der Waals surface area contributed by atoms with Gasteiger partial charge in [-0.15, -0.1) is 0 Å². The molecule has 2 aliphatic heterocycles. The number of rotatable bonds is 8. The zero-order valence-corrected chi connectivity index (χ0v) is 21.5. The quantitative estimate of drug-likeness (QED) is 0.537. The number of aliphatic hydroxyl groups excluding tert-OH is 1. The second-order valence-electron chi connectivity index (χ2n) is 9.21. The Balaban J connectivity index is 1.47. The number of nitrogens with zero attached hydrogens (tertiary/aromatic N) is 3. The fraction of sp³-hybridized carbons (Fsp3) is 0.500. The smallest absolute Gasteiger partial charge is 0.329 e. The highest BCUT2D eigenvalue weighted by atomic mass is 32.2. The van der Waals surface area contributed by atoms with Crippen LogP contribution in [0.25, 0.3) is 11.3 Å². The van der Waals surface area contributed by atoms with Crippen molar-refractivity contribution in [3.05, 3.63) is 47.5 Å². The van der Waals surface area contributed by atoms with Crippen LogP contribution in [0.5, 0.6) is 5.88 Å². The molecule has 1 N–H and O–H groups in total. The molecular formula is C26H33N3O6S. The minimum absolute atomic E-state index is 0.0445. The lowest BCUT2D eigenvalue weighted by Gasteiger charge is -2.39. The summed E-state index contributed by atoms with van der Waals surface area (Å²) in [4.78, 5) is 21.3. The number of aliphatic hydroxyl groups is 1. The Morgan fingerprint density at radius 3 is 2.64 bits per heavy atom. The van der Waals surface area contributed by atoms with E-state index in [9.17, 15) is 13.2 Å². The number of sulfonamides is 1. The van der Waals surface area contributed by atoms with Crippen LogP contribution in [0.4, 0.5) is 0 Å². The van der Waals surface area contributed by atoms with Gasteiger partial charge in [-0.2, -0.15) is 0 Å². The molecule has 0 amide bonds. The standard InChI is InChI=1S/C26H33N3O6S/c1-19-18-21(6-7-22(19)23-4-3-5-24(28-23)35-17-16-30)20-8-14-29(15-9-20)36(32,33)26(25(31)34-2)10-12-27-13-11-26/h3-7,12,18,20,30H,8-11,13-17H2,1-2H3. The van der Waals surface area contributed by atoms with Crippen LogP contribution in [0.2, 0.25) is 0 Å². The molecule has 1 saturated heterocycles. The molecule has 2 aromatic rings. The first kappa shape index (κ1) is 26.2. The van der Waals surface area contributed by atoms with E-state index in [1.54, 1.807) is 6.07 Å². The molecule has 0 bridgehead atoms. The zero-order valence-electron chi connectivity index (χ0n) is 20.7. The Morgan fingerprint density at radius 1 is 1.22 bits per heavy atom. The number of pyridine rings is 1. The van der Waals surface area contributed by atoms with E-state index in [1.807, 2.05) is 25.1 Å². The normalized spacial score (nSPS) is 21.3. The molecule has 3 heterocycles. The van der Waals surface area contributed by atoms with Gasteiger partial charge in [-0.1, -0.05) is 24.3 Å². The second kappa shape index (κ2) is 11.1. The van der Waals surface area contributed by atoms with Crippen LogP contribution in [0.15, 0.2) is 41.4 Å². The minimum Gasteiger partial charge on any atom is -0.475 e. The summed E-state index contributed by atoms with van der Waals surface area (Å²) in [6, 6.07) is 11.8. The molecule has 0 radical (unpaired) electrons. The van der Waals surface area contributed by atoms with Crippen molar-refractivity contribution in [2.24, 2.45) is 4.99 Å². The highest BCUT2D eigenvalue weighted by Gasteiger charge is 2.54. The number of methoxy groups -OCH3 is 1. The number of aliphatic imine (C=N–C) groups is 1. The lowest BCUT2D eigenvalue weighted by Crippen LogP contribution is -2.56. The summed E-state index contributed by atoms with van der Waals surface area (Å²) in [6.07, 6.45) is 3.05. The van der Waals surface area contributed by atoms with Crippen LogP contribution >= 0.6 is 0 Å². The fourth-order valence-corrected chi connectivity index (χ4v) is 7.18. The maximum Gasteiger partial charge on any atom is 0.329 e. The average molecular weight is 516 g/mol. The van der Waals surface area contributed by atoms with Gasteiger partial charge >= 0.3 is 5.97 Å². The summed E-state index contributed by atoms with van der Waals surface area (Å²) in [5.41, 5.74) is 4.01.